The fraction of sp³-hybridized carbons (Fsp3) is 0.579. The third-order valence-electron chi connectivity index (χ3n) is 4.76. The van der Waals surface area contributed by atoms with Crippen LogP contribution >= 0.6 is 0 Å². The van der Waals surface area contributed by atoms with Crippen LogP contribution < -0.4 is 10.5 Å². The van der Waals surface area contributed by atoms with Crippen molar-refractivity contribution in [2.45, 2.75) is 45.1 Å². The fourth-order valence-corrected chi connectivity index (χ4v) is 3.15. The van der Waals surface area contributed by atoms with E-state index in [4.69, 9.17) is 10.5 Å². The van der Waals surface area contributed by atoms with Crippen LogP contribution in [0, 0.1) is 5.92 Å². The summed E-state index contributed by atoms with van der Waals surface area (Å²) in [6, 6.07) is 7.21. The van der Waals surface area contributed by atoms with Gasteiger partial charge in [-0.15, -0.1) is 0 Å². The second-order valence-corrected chi connectivity index (χ2v) is 6.61. The maximum Gasteiger partial charge on any atom is 0.222 e. The van der Waals surface area contributed by atoms with E-state index >= 15 is 0 Å². The number of ketones is 1. The quantitative estimate of drug-likeness (QED) is 0.779. The average Bonchev–Trinajstić information content (AvgIpc) is 2.61. The molecule has 5 nitrogen and oxygen atoms in total. The second kappa shape index (κ2) is 8.83. The topological polar surface area (TPSA) is 72.6 Å². The Balaban J connectivity index is 1.76. The summed E-state index contributed by atoms with van der Waals surface area (Å²) in [4.78, 5) is 26.4. The van der Waals surface area contributed by atoms with Crippen LogP contribution in [0.2, 0.25) is 0 Å². The number of rotatable bonds is 7. The molecular weight excluding hydrogens is 304 g/mol. The molecule has 132 valence electrons. The van der Waals surface area contributed by atoms with Crippen LogP contribution in [-0.4, -0.2) is 42.8 Å². The smallest absolute Gasteiger partial charge is 0.222 e. The van der Waals surface area contributed by atoms with Gasteiger partial charge >= 0.3 is 0 Å². The molecule has 1 aliphatic heterocycles. The lowest BCUT2D eigenvalue weighted by molar-refractivity contribution is -0.133. The van der Waals surface area contributed by atoms with Gasteiger partial charge in [-0.3, -0.25) is 9.59 Å². The molecule has 1 amide bonds. The number of Topliss-reactive ketones (excluding diaryl/α,β-unsaturated/α-hetero) is 1. The van der Waals surface area contributed by atoms with Gasteiger partial charge in [-0.1, -0.05) is 0 Å². The molecule has 0 radical (unpaired) electrons. The van der Waals surface area contributed by atoms with Gasteiger partial charge in [0.25, 0.3) is 0 Å². The van der Waals surface area contributed by atoms with Gasteiger partial charge in [0.15, 0.2) is 5.78 Å². The molecule has 2 N–H and O–H groups in total. The molecule has 0 bridgehead atoms. The second-order valence-electron chi connectivity index (χ2n) is 6.61. The van der Waals surface area contributed by atoms with Crippen LogP contribution in [-0.2, 0) is 4.79 Å². The van der Waals surface area contributed by atoms with E-state index in [1.165, 1.54) is 0 Å². The maximum absolute atomic E-state index is 12.3. The molecule has 1 aromatic carbocycles. The minimum Gasteiger partial charge on any atom is -0.497 e. The van der Waals surface area contributed by atoms with Crippen molar-refractivity contribution in [3.8, 4) is 5.75 Å². The van der Waals surface area contributed by atoms with Crippen LogP contribution in [0.4, 0.5) is 0 Å². The van der Waals surface area contributed by atoms with Crippen LogP contribution in [0.15, 0.2) is 24.3 Å². The lowest BCUT2D eigenvalue weighted by Gasteiger charge is -2.34. The van der Waals surface area contributed by atoms with Crippen molar-refractivity contribution < 1.29 is 14.3 Å². The molecule has 1 aliphatic rings. The first-order valence-electron chi connectivity index (χ1n) is 8.72. The number of carbonyl (C=O) groups is 2. The van der Waals surface area contributed by atoms with E-state index in [-0.39, 0.29) is 17.7 Å². The van der Waals surface area contributed by atoms with Gasteiger partial charge in [0.05, 0.1) is 7.11 Å². The van der Waals surface area contributed by atoms with Crippen molar-refractivity contribution >= 4 is 11.7 Å². The predicted octanol–water partition coefficient (Wildman–Crippen LogP) is 2.63. The van der Waals surface area contributed by atoms with Crippen LogP contribution in [0.25, 0.3) is 0 Å². The van der Waals surface area contributed by atoms with Crippen molar-refractivity contribution in [3.63, 3.8) is 0 Å². The molecule has 1 heterocycles. The lowest BCUT2D eigenvalue weighted by atomic mass is 9.92. The van der Waals surface area contributed by atoms with E-state index in [0.717, 1.165) is 31.7 Å². The Morgan fingerprint density at radius 2 is 2.00 bits per heavy atom. The highest BCUT2D eigenvalue weighted by Crippen LogP contribution is 2.20. The highest BCUT2D eigenvalue weighted by Gasteiger charge is 2.25. The minimum absolute atomic E-state index is 0.0672. The summed E-state index contributed by atoms with van der Waals surface area (Å²) in [6.45, 7) is 3.57. The van der Waals surface area contributed by atoms with Gasteiger partial charge in [0.1, 0.15) is 5.75 Å². The lowest BCUT2D eigenvalue weighted by Crippen LogP contribution is -2.45. The van der Waals surface area contributed by atoms with Crippen molar-refractivity contribution in [1.29, 1.82) is 0 Å². The summed E-state index contributed by atoms with van der Waals surface area (Å²) < 4.78 is 5.08. The van der Waals surface area contributed by atoms with Crippen molar-refractivity contribution in [3.05, 3.63) is 29.8 Å². The number of methoxy groups -OCH3 is 1. The molecular formula is C19H28N2O3. The summed E-state index contributed by atoms with van der Waals surface area (Å²) in [6.07, 6.45) is 3.51. The summed E-state index contributed by atoms with van der Waals surface area (Å²) in [7, 11) is 1.60. The van der Waals surface area contributed by atoms with Crippen molar-refractivity contribution in [1.82, 2.24) is 4.90 Å². The molecule has 2 rings (SSSR count). The van der Waals surface area contributed by atoms with E-state index < -0.39 is 0 Å². The number of amides is 1. The number of benzene rings is 1. The Kier molecular flexibility index (Phi) is 6.79. The molecule has 1 fully saturated rings. The number of likely N-dealkylation sites (tertiary alicyclic amines) is 1. The molecule has 0 aliphatic carbocycles. The predicted molar refractivity (Wildman–Crippen MR) is 94.1 cm³/mol. The van der Waals surface area contributed by atoms with E-state index in [1.807, 2.05) is 11.8 Å². The highest BCUT2D eigenvalue weighted by molar-refractivity contribution is 5.96. The Morgan fingerprint density at radius 1 is 1.29 bits per heavy atom. The Bertz CT molecular complexity index is 554. The van der Waals surface area contributed by atoms with Gasteiger partial charge in [-0.2, -0.15) is 0 Å². The molecule has 5 heteroatoms. The Morgan fingerprint density at radius 3 is 2.62 bits per heavy atom. The molecule has 2 unspecified atom stereocenters. The highest BCUT2D eigenvalue weighted by atomic mass is 16.5. The van der Waals surface area contributed by atoms with Crippen molar-refractivity contribution in [2.75, 3.05) is 20.2 Å². The number of nitrogens with zero attached hydrogens (tertiary/aromatic N) is 1. The molecule has 0 aromatic heterocycles. The Hall–Kier alpha value is -1.88. The number of hydrogen-bond donors (Lipinski definition) is 1. The van der Waals surface area contributed by atoms with Gasteiger partial charge in [-0.25, -0.2) is 0 Å². The normalized spacial score (nSPS) is 19.0. The molecule has 2 atom stereocenters. The zero-order valence-corrected chi connectivity index (χ0v) is 14.7. The summed E-state index contributed by atoms with van der Waals surface area (Å²) in [5.41, 5.74) is 6.63. The molecule has 1 saturated heterocycles. The van der Waals surface area contributed by atoms with Gasteiger partial charge in [0.2, 0.25) is 5.91 Å². The number of nitrogens with two attached hydrogens (primary N) is 1. The van der Waals surface area contributed by atoms with E-state index in [2.05, 4.69) is 0 Å². The molecule has 24 heavy (non-hydrogen) atoms. The first-order chi connectivity index (χ1) is 11.5. The van der Waals surface area contributed by atoms with Crippen LogP contribution in [0.3, 0.4) is 0 Å². The molecule has 1 aromatic rings. The Labute approximate surface area is 144 Å². The summed E-state index contributed by atoms with van der Waals surface area (Å²) in [5.74, 6) is 1.33. The average molecular weight is 332 g/mol. The first kappa shape index (κ1) is 18.5. The largest absolute Gasteiger partial charge is 0.497 e. The maximum atomic E-state index is 12.3. The first-order valence-corrected chi connectivity index (χ1v) is 8.72. The summed E-state index contributed by atoms with van der Waals surface area (Å²) in [5, 5.41) is 0. The molecule has 0 spiro atoms. The van der Waals surface area contributed by atoms with Crippen LogP contribution in [0.5, 0.6) is 5.75 Å². The third kappa shape index (κ3) is 5.06. The number of ether oxygens (including phenoxy) is 1. The molecule has 0 saturated carbocycles. The van der Waals surface area contributed by atoms with Crippen molar-refractivity contribution in [2.24, 2.45) is 11.7 Å². The third-order valence-corrected chi connectivity index (χ3v) is 4.76. The number of carbonyl (C=O) groups excluding carboxylic acids is 2. The van der Waals surface area contributed by atoms with Gasteiger partial charge < -0.3 is 15.4 Å². The zero-order chi connectivity index (χ0) is 17.5. The van der Waals surface area contributed by atoms with E-state index in [0.29, 0.717) is 30.7 Å². The van der Waals surface area contributed by atoms with Crippen LogP contribution in [0.1, 0.15) is 49.4 Å². The number of piperidine rings is 1. The standard InChI is InChI=1S/C19H28N2O3/c1-14(20)16-5-4-12-21(13-16)19(23)7-3-6-18(22)15-8-10-17(24-2)11-9-15/h8-11,14,16H,3-7,12-13,20H2,1-2H3. The SMILES string of the molecule is COc1ccc(C(=O)CCCC(=O)N2CCCC(C(C)N)C2)cc1. The number of hydrogen-bond acceptors (Lipinski definition) is 4. The van der Waals surface area contributed by atoms with Gasteiger partial charge in [0, 0.05) is 37.5 Å². The fourth-order valence-electron chi connectivity index (χ4n) is 3.15. The monoisotopic (exact) mass is 332 g/mol. The minimum atomic E-state index is 0.0672. The van der Waals surface area contributed by atoms with E-state index in [9.17, 15) is 9.59 Å². The summed E-state index contributed by atoms with van der Waals surface area (Å²) >= 11 is 0. The zero-order valence-electron chi connectivity index (χ0n) is 14.7. The van der Waals surface area contributed by atoms with E-state index in [1.54, 1.807) is 31.4 Å². The van der Waals surface area contributed by atoms with Gasteiger partial charge in [-0.05, 0) is 56.4 Å².